The van der Waals surface area contributed by atoms with E-state index >= 15 is 0 Å². The molecule has 1 aromatic carbocycles. The summed E-state index contributed by atoms with van der Waals surface area (Å²) < 4.78 is 5.62. The maximum Gasteiger partial charge on any atom is 0.307 e. The molecule has 0 aromatic heterocycles. The van der Waals surface area contributed by atoms with Crippen LogP contribution in [0.3, 0.4) is 0 Å². The zero-order valence-corrected chi connectivity index (χ0v) is 12.3. The van der Waals surface area contributed by atoms with Gasteiger partial charge in [-0.1, -0.05) is 46.2 Å². The lowest BCUT2D eigenvalue weighted by Gasteiger charge is -2.23. The van der Waals surface area contributed by atoms with E-state index < -0.39 is 0 Å². The Morgan fingerprint density at radius 2 is 1.89 bits per heavy atom. The van der Waals surface area contributed by atoms with Crippen molar-refractivity contribution in [1.82, 2.24) is 0 Å². The molecular weight excluding hydrogens is 238 g/mol. The van der Waals surface area contributed by atoms with Crippen LogP contribution in [0.15, 0.2) is 24.3 Å². The normalized spacial score (nSPS) is 12.4. The number of rotatable bonds is 5. The lowest BCUT2D eigenvalue weighted by molar-refractivity contribution is 0.309. The Hall–Kier alpha value is -1.69. The number of ether oxygens (including phenoxy) is 1. The van der Waals surface area contributed by atoms with Gasteiger partial charge in [0.2, 0.25) is 0 Å². The molecule has 104 valence electrons. The Morgan fingerprint density at radius 3 is 2.37 bits per heavy atom. The van der Waals surface area contributed by atoms with Gasteiger partial charge in [0.25, 0.3) is 0 Å². The van der Waals surface area contributed by atoms with E-state index in [0.29, 0.717) is 0 Å². The molecule has 19 heavy (non-hydrogen) atoms. The molecule has 3 nitrogen and oxygen atoms in total. The van der Waals surface area contributed by atoms with Gasteiger partial charge in [-0.05, 0) is 29.5 Å². The summed E-state index contributed by atoms with van der Waals surface area (Å²) in [5.41, 5.74) is 0.952. The second-order valence-electron chi connectivity index (χ2n) is 5.79. The summed E-state index contributed by atoms with van der Waals surface area (Å²) in [5, 5.41) is 13.3. The van der Waals surface area contributed by atoms with E-state index in [0.717, 1.165) is 30.8 Å². The van der Waals surface area contributed by atoms with Gasteiger partial charge >= 0.3 is 6.07 Å². The molecule has 0 bridgehead atoms. The van der Waals surface area contributed by atoms with Crippen molar-refractivity contribution in [2.45, 2.75) is 46.5 Å². The quantitative estimate of drug-likeness (QED) is 0.562. The number of nitrogens with zero attached hydrogens (tertiary/aromatic N) is 1. The molecule has 3 heteroatoms. The van der Waals surface area contributed by atoms with Gasteiger partial charge in [0.05, 0.1) is 6.61 Å². The standard InChI is InChI=1S/C16H23NO2/c1-5-6-11-19-14-9-7-13(8-10-14)15(12-17-18)16(2,3)4/h7-10,15H,5-6,11H2,1-4H3. The third-order valence-corrected chi connectivity index (χ3v) is 3.03. The lowest BCUT2D eigenvalue weighted by atomic mass is 9.77. The van der Waals surface area contributed by atoms with Crippen molar-refractivity contribution in [3.05, 3.63) is 40.0 Å². The Kier molecular flexibility index (Phi) is 5.69. The van der Waals surface area contributed by atoms with Crippen molar-refractivity contribution in [2.24, 2.45) is 5.41 Å². The average Bonchev–Trinajstić information content (AvgIpc) is 2.36. The van der Waals surface area contributed by atoms with E-state index in [1.165, 1.54) is 0 Å². The molecule has 0 saturated heterocycles. The van der Waals surface area contributed by atoms with Crippen LogP contribution >= 0.6 is 0 Å². The van der Waals surface area contributed by atoms with Crippen LogP contribution in [-0.2, 0) is 0 Å². The third-order valence-electron chi connectivity index (χ3n) is 3.03. The van der Waals surface area contributed by atoms with Crippen molar-refractivity contribution in [3.8, 4) is 11.8 Å². The minimum atomic E-state index is -0.102. The van der Waals surface area contributed by atoms with Crippen LogP contribution in [0, 0.1) is 16.7 Å². The van der Waals surface area contributed by atoms with Crippen LogP contribution in [-0.4, -0.2) is 6.61 Å². The summed E-state index contributed by atoms with van der Waals surface area (Å²) in [6, 6.07) is 10.5. The zero-order valence-electron chi connectivity index (χ0n) is 12.3. The first-order chi connectivity index (χ1) is 8.99. The van der Waals surface area contributed by atoms with Crippen LogP contribution in [0.5, 0.6) is 5.75 Å². The first-order valence-electron chi connectivity index (χ1n) is 6.79. The minimum Gasteiger partial charge on any atom is -0.498 e. The molecule has 0 heterocycles. The van der Waals surface area contributed by atoms with E-state index in [-0.39, 0.29) is 11.3 Å². The highest BCUT2D eigenvalue weighted by atomic mass is 16.5. The summed E-state index contributed by atoms with van der Waals surface area (Å²) in [6.07, 6.45) is 2.18. The van der Waals surface area contributed by atoms with E-state index in [4.69, 9.17) is 4.74 Å². The van der Waals surface area contributed by atoms with Gasteiger partial charge in [-0.2, -0.15) is 0 Å². The molecule has 1 rings (SSSR count). The van der Waals surface area contributed by atoms with Crippen LogP contribution in [0.25, 0.3) is 5.01 Å². The number of unbranched alkanes of at least 4 members (excludes halogenated alkanes) is 1. The predicted octanol–water partition coefficient (Wildman–Crippen LogP) is 4.83. The second kappa shape index (κ2) is 7.04. The molecule has 1 aromatic rings. The number of hydrogen-bond donors (Lipinski definition) is 0. The summed E-state index contributed by atoms with van der Waals surface area (Å²) in [4.78, 5) is 0. The highest BCUT2D eigenvalue weighted by Gasteiger charge is 2.29. The predicted molar refractivity (Wildman–Crippen MR) is 79.7 cm³/mol. The van der Waals surface area contributed by atoms with Gasteiger partial charge in [0.1, 0.15) is 11.7 Å². The lowest BCUT2D eigenvalue weighted by Crippen LogP contribution is -2.16. The molecule has 1 unspecified atom stereocenters. The molecule has 0 amide bonds. The fourth-order valence-corrected chi connectivity index (χ4v) is 1.91. The van der Waals surface area contributed by atoms with Gasteiger partial charge in [0, 0.05) is 5.01 Å². The molecule has 0 aliphatic heterocycles. The topological polar surface area (TPSA) is 36.6 Å². The Labute approximate surface area is 116 Å². The van der Waals surface area contributed by atoms with E-state index in [1.807, 2.05) is 24.3 Å². The molecule has 0 aliphatic carbocycles. The number of hydrogen-bond acceptors (Lipinski definition) is 2. The Morgan fingerprint density at radius 1 is 1.26 bits per heavy atom. The van der Waals surface area contributed by atoms with Crippen LogP contribution in [0.2, 0.25) is 0 Å². The summed E-state index contributed by atoms with van der Waals surface area (Å²) in [6.45, 7) is 9.09. The highest BCUT2D eigenvalue weighted by molar-refractivity contribution is 5.34. The van der Waals surface area contributed by atoms with Gasteiger partial charge in [0.15, 0.2) is 0 Å². The summed E-state index contributed by atoms with van der Waals surface area (Å²) in [7, 11) is 0. The van der Waals surface area contributed by atoms with E-state index in [2.05, 4.69) is 38.8 Å². The maximum absolute atomic E-state index is 10.5. The van der Waals surface area contributed by atoms with Crippen molar-refractivity contribution < 1.29 is 4.74 Å². The molecule has 0 N–H and O–H groups in total. The highest BCUT2D eigenvalue weighted by Crippen LogP contribution is 2.35. The van der Waals surface area contributed by atoms with Crippen molar-refractivity contribution in [1.29, 1.82) is 0 Å². The first kappa shape index (κ1) is 15.4. The summed E-state index contributed by atoms with van der Waals surface area (Å²) in [5.74, 6) is 0.763. The average molecular weight is 261 g/mol. The van der Waals surface area contributed by atoms with Crippen molar-refractivity contribution >= 4 is 0 Å². The van der Waals surface area contributed by atoms with Crippen LogP contribution in [0.4, 0.5) is 0 Å². The smallest absolute Gasteiger partial charge is 0.307 e. The van der Waals surface area contributed by atoms with Crippen LogP contribution < -0.4 is 4.74 Å². The third kappa shape index (κ3) is 4.82. The maximum atomic E-state index is 10.5. The minimum absolute atomic E-state index is 0.0848. The zero-order chi connectivity index (χ0) is 14.3. The Bertz CT molecular complexity index is 435. The largest absolute Gasteiger partial charge is 0.498 e. The summed E-state index contributed by atoms with van der Waals surface area (Å²) >= 11 is 0. The SMILES string of the molecule is CCCCOc1ccc(C(C#[N+][O-])C(C)(C)C)cc1. The van der Waals surface area contributed by atoms with Gasteiger partial charge in [-0.15, -0.1) is 0 Å². The van der Waals surface area contributed by atoms with Gasteiger partial charge in [-0.25, -0.2) is 0 Å². The fourth-order valence-electron chi connectivity index (χ4n) is 1.91. The second-order valence-corrected chi connectivity index (χ2v) is 5.79. The molecule has 0 radical (unpaired) electrons. The monoisotopic (exact) mass is 261 g/mol. The van der Waals surface area contributed by atoms with Gasteiger partial charge < -0.3 is 9.94 Å². The van der Waals surface area contributed by atoms with E-state index in [9.17, 15) is 5.21 Å². The fraction of sp³-hybridized carbons (Fsp3) is 0.562. The molecule has 0 aliphatic rings. The number of benzene rings is 1. The Balaban J connectivity index is 2.80. The van der Waals surface area contributed by atoms with Crippen LogP contribution in [0.1, 0.15) is 52.0 Å². The molecule has 0 spiro atoms. The molecule has 0 fully saturated rings. The molecular formula is C16H23NO2. The van der Waals surface area contributed by atoms with Gasteiger partial charge in [-0.3, -0.25) is 0 Å². The van der Waals surface area contributed by atoms with Crippen molar-refractivity contribution in [3.63, 3.8) is 0 Å². The van der Waals surface area contributed by atoms with Crippen molar-refractivity contribution in [2.75, 3.05) is 6.61 Å². The first-order valence-corrected chi connectivity index (χ1v) is 6.79. The molecule has 0 saturated carbocycles. The molecule has 1 atom stereocenters. The van der Waals surface area contributed by atoms with E-state index in [1.54, 1.807) is 0 Å².